The Hall–Kier alpha value is -1.53. The molecule has 2 heterocycles. The van der Waals surface area contributed by atoms with E-state index in [1.807, 2.05) is 60.2 Å². The normalized spacial score (nSPS) is 22.9. The Bertz CT molecular complexity index is 998. The lowest BCUT2D eigenvalue weighted by molar-refractivity contribution is -0.137. The van der Waals surface area contributed by atoms with E-state index in [4.69, 9.17) is 14.7 Å². The van der Waals surface area contributed by atoms with Crippen LogP contribution in [0.15, 0.2) is 36.7 Å². The minimum Gasteiger partial charge on any atom is -0.426 e. The first kappa shape index (κ1) is 32.4. The van der Waals surface area contributed by atoms with Gasteiger partial charge in [0, 0.05) is 29.5 Å². The number of hydrogen-bond acceptors (Lipinski definition) is 6. The molecular formula is C35H52N2O2S2. The van der Waals surface area contributed by atoms with Gasteiger partial charge in [-0.25, -0.2) is 9.97 Å². The second-order valence-corrected chi connectivity index (χ2v) is 15.0. The topological polar surface area (TPSA) is 52.1 Å². The molecule has 226 valence electrons. The van der Waals surface area contributed by atoms with E-state index in [0.29, 0.717) is 16.2 Å². The molecule has 0 bridgehead atoms. The molecule has 41 heavy (non-hydrogen) atoms. The zero-order valence-electron chi connectivity index (χ0n) is 25.5. The second-order valence-electron chi connectivity index (χ2n) is 12.2. The summed E-state index contributed by atoms with van der Waals surface area (Å²) < 4.78 is 6.36. The number of carbonyl (C=O) groups excluding carboxylic acids is 1. The number of unbranched alkanes of at least 4 members (excludes halogenated alkanes) is 8. The lowest BCUT2D eigenvalue weighted by Gasteiger charge is -2.28. The molecule has 1 aromatic carbocycles. The summed E-state index contributed by atoms with van der Waals surface area (Å²) in [6, 6.07) is 7.66. The third-order valence-electron chi connectivity index (χ3n) is 8.88. The fourth-order valence-corrected chi connectivity index (χ4v) is 9.22. The van der Waals surface area contributed by atoms with Gasteiger partial charge in [-0.05, 0) is 73.8 Å². The van der Waals surface area contributed by atoms with Gasteiger partial charge in [0.1, 0.15) is 5.75 Å². The summed E-state index contributed by atoms with van der Waals surface area (Å²) in [6.45, 7) is 4.53. The summed E-state index contributed by atoms with van der Waals surface area (Å²) in [5, 5.41) is 0. The van der Waals surface area contributed by atoms with E-state index >= 15 is 0 Å². The SMILES string of the molecule is CCCCCCCCC[C@H]1CC[C@H](c2cnc(-c3ccc(OC(=O)[C@H]4CS[C@H](CCCCC)SC4)cc3)nc2)CC1. The highest BCUT2D eigenvalue weighted by molar-refractivity contribution is 8.17. The van der Waals surface area contributed by atoms with Crippen LogP contribution in [0.2, 0.25) is 0 Å². The van der Waals surface area contributed by atoms with Crippen LogP contribution in [0.25, 0.3) is 11.4 Å². The molecular weight excluding hydrogens is 545 g/mol. The lowest BCUT2D eigenvalue weighted by Crippen LogP contribution is -2.29. The van der Waals surface area contributed by atoms with Gasteiger partial charge in [-0.2, -0.15) is 0 Å². The number of thioether (sulfide) groups is 2. The van der Waals surface area contributed by atoms with E-state index in [1.54, 1.807) is 0 Å². The van der Waals surface area contributed by atoms with Crippen molar-refractivity contribution in [3.05, 3.63) is 42.2 Å². The molecule has 1 aliphatic carbocycles. The summed E-state index contributed by atoms with van der Waals surface area (Å²) in [5.41, 5.74) is 2.23. The van der Waals surface area contributed by atoms with Crippen molar-refractivity contribution in [3.63, 3.8) is 0 Å². The maximum atomic E-state index is 12.7. The number of esters is 1. The lowest BCUT2D eigenvalue weighted by atomic mass is 9.77. The number of hydrogen-bond donors (Lipinski definition) is 0. The van der Waals surface area contributed by atoms with Crippen molar-refractivity contribution >= 4 is 29.5 Å². The molecule has 2 aliphatic rings. The van der Waals surface area contributed by atoms with E-state index in [0.717, 1.165) is 28.8 Å². The van der Waals surface area contributed by atoms with Gasteiger partial charge >= 0.3 is 5.97 Å². The van der Waals surface area contributed by atoms with Crippen molar-refractivity contribution in [1.29, 1.82) is 0 Å². The van der Waals surface area contributed by atoms with Gasteiger partial charge < -0.3 is 4.74 Å². The minimum atomic E-state index is -0.109. The van der Waals surface area contributed by atoms with Gasteiger partial charge in [0.25, 0.3) is 0 Å². The zero-order chi connectivity index (χ0) is 28.7. The molecule has 4 nitrogen and oxygen atoms in total. The highest BCUT2D eigenvalue weighted by atomic mass is 32.2. The predicted octanol–water partition coefficient (Wildman–Crippen LogP) is 10.5. The minimum absolute atomic E-state index is 0.0293. The Balaban J connectivity index is 1.16. The highest BCUT2D eigenvalue weighted by Gasteiger charge is 2.28. The Labute approximate surface area is 258 Å². The molecule has 1 saturated carbocycles. The van der Waals surface area contributed by atoms with Crippen LogP contribution in [0.5, 0.6) is 5.75 Å². The Morgan fingerprint density at radius 2 is 1.37 bits per heavy atom. The average molecular weight is 597 g/mol. The summed E-state index contributed by atoms with van der Waals surface area (Å²) in [4.78, 5) is 22.1. The van der Waals surface area contributed by atoms with Crippen LogP contribution in [-0.2, 0) is 4.79 Å². The summed E-state index contributed by atoms with van der Waals surface area (Å²) >= 11 is 3.85. The van der Waals surface area contributed by atoms with E-state index in [1.165, 1.54) is 108 Å². The molecule has 0 unspecified atom stereocenters. The number of carbonyl (C=O) groups is 1. The first-order valence-corrected chi connectivity index (χ1v) is 18.6. The van der Waals surface area contributed by atoms with Gasteiger partial charge in [-0.15, -0.1) is 23.5 Å². The molecule has 0 amide bonds. The Kier molecular flexibility index (Phi) is 14.4. The number of aromatic nitrogens is 2. The fraction of sp³-hybridized carbons (Fsp3) is 0.686. The predicted molar refractivity (Wildman–Crippen MR) is 177 cm³/mol. The summed E-state index contributed by atoms with van der Waals surface area (Å²) in [6.07, 6.45) is 25.6. The van der Waals surface area contributed by atoms with Crippen molar-refractivity contribution < 1.29 is 9.53 Å². The quantitative estimate of drug-likeness (QED) is 0.109. The highest BCUT2D eigenvalue weighted by Crippen LogP contribution is 2.39. The van der Waals surface area contributed by atoms with Crippen LogP contribution in [0.1, 0.15) is 128 Å². The van der Waals surface area contributed by atoms with Crippen LogP contribution >= 0.6 is 23.5 Å². The maximum absolute atomic E-state index is 12.7. The van der Waals surface area contributed by atoms with E-state index < -0.39 is 0 Å². The van der Waals surface area contributed by atoms with Crippen molar-refractivity contribution in [1.82, 2.24) is 9.97 Å². The standard InChI is InChI=1S/C35H52N2O2S2/c1-3-5-7-8-9-10-12-13-27-15-17-28(18-16-27)30-23-36-34(37-24-30)29-19-21-32(22-20-29)39-35(38)31-25-40-33(41-26-31)14-11-6-4-2/h19-24,27-28,31,33H,3-18,25-26H2,1-2H3/t27-,28-,31-,33-. The van der Waals surface area contributed by atoms with Crippen molar-refractivity contribution in [2.24, 2.45) is 11.8 Å². The largest absolute Gasteiger partial charge is 0.426 e. The van der Waals surface area contributed by atoms with Crippen LogP contribution < -0.4 is 4.74 Å². The van der Waals surface area contributed by atoms with Crippen LogP contribution in [0.3, 0.4) is 0 Å². The number of nitrogens with zero attached hydrogens (tertiary/aromatic N) is 2. The van der Waals surface area contributed by atoms with Crippen molar-refractivity contribution in [2.45, 2.75) is 127 Å². The number of ether oxygens (including phenoxy) is 1. The molecule has 0 radical (unpaired) electrons. The molecule has 4 rings (SSSR count). The van der Waals surface area contributed by atoms with Gasteiger partial charge in [0.15, 0.2) is 5.82 Å². The van der Waals surface area contributed by atoms with Crippen LogP contribution in [0, 0.1) is 11.8 Å². The van der Waals surface area contributed by atoms with E-state index in [9.17, 15) is 4.79 Å². The fourth-order valence-electron chi connectivity index (χ4n) is 6.15. The molecule has 2 fully saturated rings. The van der Waals surface area contributed by atoms with Gasteiger partial charge in [-0.3, -0.25) is 4.79 Å². The summed E-state index contributed by atoms with van der Waals surface area (Å²) in [7, 11) is 0. The maximum Gasteiger partial charge on any atom is 0.316 e. The van der Waals surface area contributed by atoms with E-state index in [2.05, 4.69) is 13.8 Å². The molecule has 0 spiro atoms. The van der Waals surface area contributed by atoms with Crippen molar-refractivity contribution in [3.8, 4) is 17.1 Å². The first-order valence-electron chi connectivity index (χ1n) is 16.5. The second kappa shape index (κ2) is 18.2. The third-order valence-corrected chi connectivity index (χ3v) is 12.1. The first-order chi connectivity index (χ1) is 20.2. The van der Waals surface area contributed by atoms with Crippen LogP contribution in [-0.4, -0.2) is 32.0 Å². The number of benzene rings is 1. The average Bonchev–Trinajstić information content (AvgIpc) is 3.02. The molecule has 1 aromatic heterocycles. The smallest absolute Gasteiger partial charge is 0.316 e. The van der Waals surface area contributed by atoms with Crippen LogP contribution in [0.4, 0.5) is 0 Å². The third kappa shape index (κ3) is 10.9. The molecule has 1 saturated heterocycles. The van der Waals surface area contributed by atoms with Crippen molar-refractivity contribution in [2.75, 3.05) is 11.5 Å². The van der Waals surface area contributed by atoms with Gasteiger partial charge in [-0.1, -0.05) is 84.5 Å². The Morgan fingerprint density at radius 3 is 2.02 bits per heavy atom. The van der Waals surface area contributed by atoms with Gasteiger partial charge in [0.2, 0.25) is 0 Å². The summed E-state index contributed by atoms with van der Waals surface area (Å²) in [5.74, 6) is 4.43. The Morgan fingerprint density at radius 1 is 0.780 bits per heavy atom. The zero-order valence-corrected chi connectivity index (χ0v) is 27.2. The molecule has 0 atom stereocenters. The molecule has 6 heteroatoms. The van der Waals surface area contributed by atoms with E-state index in [-0.39, 0.29) is 11.9 Å². The molecule has 2 aromatic rings. The number of rotatable bonds is 16. The molecule has 1 aliphatic heterocycles. The monoisotopic (exact) mass is 596 g/mol. The molecule has 0 N–H and O–H groups in total. The van der Waals surface area contributed by atoms with Gasteiger partial charge in [0.05, 0.1) is 10.5 Å².